The Hall–Kier alpha value is -3.88. The minimum atomic E-state index is -0.339. The quantitative estimate of drug-likeness (QED) is 0.284. The molecule has 0 spiro atoms. The van der Waals surface area contributed by atoms with Crippen LogP contribution in [0.2, 0.25) is 0 Å². The predicted molar refractivity (Wildman–Crippen MR) is 161 cm³/mol. The number of morpholine rings is 1. The summed E-state index contributed by atoms with van der Waals surface area (Å²) in [7, 11) is 0. The van der Waals surface area contributed by atoms with Gasteiger partial charge in [0.25, 0.3) is 0 Å². The molecule has 1 fully saturated rings. The zero-order valence-electron chi connectivity index (χ0n) is 24.0. The third kappa shape index (κ3) is 6.29. The van der Waals surface area contributed by atoms with Crippen molar-refractivity contribution in [3.05, 3.63) is 78.0 Å². The molecule has 3 aromatic carbocycles. The molecule has 40 heavy (non-hydrogen) atoms. The number of aromatic nitrogens is 2. The first-order chi connectivity index (χ1) is 19.2. The van der Waals surface area contributed by atoms with Crippen molar-refractivity contribution in [2.45, 2.75) is 46.1 Å². The van der Waals surface area contributed by atoms with Crippen molar-refractivity contribution in [3.8, 4) is 11.4 Å². The number of benzene rings is 3. The van der Waals surface area contributed by atoms with Gasteiger partial charge in [0, 0.05) is 41.4 Å². The monoisotopic (exact) mass is 541 g/mol. The van der Waals surface area contributed by atoms with E-state index >= 15 is 0 Å². The van der Waals surface area contributed by atoms with Crippen LogP contribution in [-0.2, 0) is 10.2 Å². The van der Waals surface area contributed by atoms with Gasteiger partial charge in [0.2, 0.25) is 0 Å². The van der Waals surface area contributed by atoms with Gasteiger partial charge in [-0.15, -0.1) is 0 Å². The summed E-state index contributed by atoms with van der Waals surface area (Å²) in [6.45, 7) is 14.5. The lowest BCUT2D eigenvalue weighted by Crippen LogP contribution is -2.44. The number of carbonyl (C=O) groups is 1. The maximum Gasteiger partial charge on any atom is 0.324 e. The Bertz CT molecular complexity index is 1470. The van der Waals surface area contributed by atoms with E-state index in [1.54, 1.807) is 4.68 Å². The Kier molecular flexibility index (Phi) is 8.09. The number of hydrogen-bond donors (Lipinski definition) is 2. The number of carbonyl (C=O) groups excluding carboxylic acids is 1. The standard InChI is InChI=1S/C32H39N5O3/c1-22-10-12-24(13-11-22)37-30(20-29(35-37)32(3,4)5)34-31(38)33-27-14-15-28(26-9-7-6-8-25(26)27)40-21-23(2)36-16-18-39-19-17-36/h6-15,20,23H,16-19,21H2,1-5H3,(H2,33,34,38)/t23-/m1/s1. The molecule has 1 aromatic heterocycles. The molecule has 0 unspecified atom stereocenters. The highest BCUT2D eigenvalue weighted by molar-refractivity contribution is 6.07. The van der Waals surface area contributed by atoms with Crippen molar-refractivity contribution < 1.29 is 14.3 Å². The normalized spacial score (nSPS) is 15.1. The maximum atomic E-state index is 13.3. The topological polar surface area (TPSA) is 80.7 Å². The molecule has 1 atom stereocenters. The van der Waals surface area contributed by atoms with E-state index in [0.717, 1.165) is 59.8 Å². The van der Waals surface area contributed by atoms with Crippen LogP contribution in [0.4, 0.5) is 16.3 Å². The summed E-state index contributed by atoms with van der Waals surface area (Å²) in [5.41, 5.74) is 3.47. The highest BCUT2D eigenvalue weighted by atomic mass is 16.5. The first-order valence-corrected chi connectivity index (χ1v) is 13.9. The Balaban J connectivity index is 1.34. The molecule has 0 aliphatic carbocycles. The summed E-state index contributed by atoms with van der Waals surface area (Å²) in [4.78, 5) is 15.7. The first-order valence-electron chi connectivity index (χ1n) is 13.9. The largest absolute Gasteiger partial charge is 0.491 e. The fourth-order valence-electron chi connectivity index (χ4n) is 4.83. The molecule has 0 saturated carbocycles. The molecule has 2 amide bonds. The second kappa shape index (κ2) is 11.7. The van der Waals surface area contributed by atoms with Gasteiger partial charge >= 0.3 is 6.03 Å². The van der Waals surface area contributed by atoms with Crippen molar-refractivity contribution >= 4 is 28.3 Å². The zero-order valence-corrected chi connectivity index (χ0v) is 24.0. The van der Waals surface area contributed by atoms with Crippen molar-refractivity contribution in [2.75, 3.05) is 43.5 Å². The lowest BCUT2D eigenvalue weighted by molar-refractivity contribution is 0.0106. The van der Waals surface area contributed by atoms with Crippen LogP contribution in [0.25, 0.3) is 16.5 Å². The number of aryl methyl sites for hydroxylation is 1. The number of nitrogens with one attached hydrogen (secondary N) is 2. The summed E-state index contributed by atoms with van der Waals surface area (Å²) >= 11 is 0. The molecule has 8 nitrogen and oxygen atoms in total. The molecule has 1 aliphatic heterocycles. The Morgan fingerprint density at radius 2 is 1.70 bits per heavy atom. The SMILES string of the molecule is Cc1ccc(-n2nc(C(C)(C)C)cc2NC(=O)Nc2ccc(OC[C@@H](C)N3CCOCC3)c3ccccc23)cc1. The second-order valence-electron chi connectivity index (χ2n) is 11.5. The molecular formula is C32H39N5O3. The van der Waals surface area contributed by atoms with Crippen molar-refractivity contribution in [1.29, 1.82) is 0 Å². The highest BCUT2D eigenvalue weighted by Crippen LogP contribution is 2.32. The Morgan fingerprint density at radius 1 is 1.00 bits per heavy atom. The molecule has 210 valence electrons. The Morgan fingerprint density at radius 3 is 2.40 bits per heavy atom. The number of urea groups is 1. The number of amides is 2. The lowest BCUT2D eigenvalue weighted by Gasteiger charge is -2.32. The minimum Gasteiger partial charge on any atom is -0.491 e. The number of fused-ring (bicyclic) bond motifs is 1. The summed E-state index contributed by atoms with van der Waals surface area (Å²) in [6, 6.07) is 21.8. The average Bonchev–Trinajstić information content (AvgIpc) is 3.37. The summed E-state index contributed by atoms with van der Waals surface area (Å²) in [5.74, 6) is 1.40. The van der Waals surface area contributed by atoms with E-state index in [4.69, 9.17) is 14.6 Å². The average molecular weight is 542 g/mol. The second-order valence-corrected chi connectivity index (χ2v) is 11.5. The van der Waals surface area contributed by atoms with E-state index < -0.39 is 0 Å². The molecule has 1 saturated heterocycles. The van der Waals surface area contributed by atoms with Gasteiger partial charge in [-0.2, -0.15) is 5.10 Å². The summed E-state index contributed by atoms with van der Waals surface area (Å²) in [5, 5.41) is 12.8. The van der Waals surface area contributed by atoms with Gasteiger partial charge in [-0.3, -0.25) is 10.2 Å². The predicted octanol–water partition coefficient (Wildman–Crippen LogP) is 6.37. The highest BCUT2D eigenvalue weighted by Gasteiger charge is 2.22. The van der Waals surface area contributed by atoms with Crippen LogP contribution in [0.1, 0.15) is 39.0 Å². The van der Waals surface area contributed by atoms with Crippen molar-refractivity contribution in [3.63, 3.8) is 0 Å². The third-order valence-electron chi connectivity index (χ3n) is 7.28. The van der Waals surface area contributed by atoms with Crippen LogP contribution in [0.3, 0.4) is 0 Å². The van der Waals surface area contributed by atoms with Gasteiger partial charge in [-0.25, -0.2) is 9.48 Å². The van der Waals surface area contributed by atoms with Crippen LogP contribution >= 0.6 is 0 Å². The zero-order chi connectivity index (χ0) is 28.3. The molecule has 2 heterocycles. The molecule has 0 bridgehead atoms. The van der Waals surface area contributed by atoms with E-state index in [2.05, 4.69) is 43.2 Å². The van der Waals surface area contributed by atoms with Crippen LogP contribution < -0.4 is 15.4 Å². The molecule has 1 aliphatic rings. The number of rotatable bonds is 7. The Labute approximate surface area is 236 Å². The van der Waals surface area contributed by atoms with E-state index in [1.165, 1.54) is 0 Å². The molecular weight excluding hydrogens is 502 g/mol. The number of nitrogens with zero attached hydrogens (tertiary/aromatic N) is 3. The van der Waals surface area contributed by atoms with E-state index in [-0.39, 0.29) is 17.5 Å². The smallest absolute Gasteiger partial charge is 0.324 e. The van der Waals surface area contributed by atoms with E-state index in [9.17, 15) is 4.79 Å². The lowest BCUT2D eigenvalue weighted by atomic mass is 9.92. The summed E-state index contributed by atoms with van der Waals surface area (Å²) < 4.78 is 13.5. The fourth-order valence-corrected chi connectivity index (χ4v) is 4.83. The number of hydrogen-bond acceptors (Lipinski definition) is 5. The van der Waals surface area contributed by atoms with Gasteiger partial charge in [-0.05, 0) is 38.1 Å². The van der Waals surface area contributed by atoms with Crippen LogP contribution in [-0.4, -0.2) is 59.7 Å². The van der Waals surface area contributed by atoms with Crippen molar-refractivity contribution in [2.24, 2.45) is 0 Å². The van der Waals surface area contributed by atoms with Crippen LogP contribution in [0.15, 0.2) is 66.7 Å². The molecule has 5 rings (SSSR count). The van der Waals surface area contributed by atoms with Gasteiger partial charge in [-0.1, -0.05) is 62.7 Å². The fraction of sp³-hybridized carbons (Fsp3) is 0.375. The maximum absolute atomic E-state index is 13.3. The van der Waals surface area contributed by atoms with E-state index in [1.807, 2.05) is 73.7 Å². The van der Waals surface area contributed by atoms with Crippen LogP contribution in [0, 0.1) is 6.92 Å². The van der Waals surface area contributed by atoms with Crippen LogP contribution in [0.5, 0.6) is 5.75 Å². The summed E-state index contributed by atoms with van der Waals surface area (Å²) in [6.07, 6.45) is 0. The number of ether oxygens (including phenoxy) is 2. The van der Waals surface area contributed by atoms with Gasteiger partial charge in [0.1, 0.15) is 18.2 Å². The van der Waals surface area contributed by atoms with Gasteiger partial charge in [0.15, 0.2) is 0 Å². The van der Waals surface area contributed by atoms with Gasteiger partial charge < -0.3 is 14.8 Å². The third-order valence-corrected chi connectivity index (χ3v) is 7.28. The van der Waals surface area contributed by atoms with E-state index in [0.29, 0.717) is 18.1 Å². The molecule has 2 N–H and O–H groups in total. The number of anilines is 2. The molecule has 4 aromatic rings. The molecule has 8 heteroatoms. The minimum absolute atomic E-state index is 0.172. The van der Waals surface area contributed by atoms with Crippen molar-refractivity contribution in [1.82, 2.24) is 14.7 Å². The first kappa shape index (κ1) is 27.7. The van der Waals surface area contributed by atoms with Gasteiger partial charge in [0.05, 0.1) is 30.3 Å². The molecule has 0 radical (unpaired) electrons.